The Labute approximate surface area is 265 Å². The number of carboxylic acids is 2. The number of nitrogens with zero attached hydrogens (tertiary/aromatic N) is 10. The van der Waals surface area contributed by atoms with Crippen molar-refractivity contribution < 1.29 is 19.8 Å². The van der Waals surface area contributed by atoms with Gasteiger partial charge >= 0.3 is 11.9 Å². The molecular weight excluding hydrogens is 588 g/mol. The van der Waals surface area contributed by atoms with E-state index in [9.17, 15) is 9.59 Å². The Hall–Kier alpha value is -5.92. The maximum atomic E-state index is 9.64. The Morgan fingerprint density at radius 1 is 0.674 bits per heavy atom. The monoisotopic (exact) mass is 624 g/mol. The molecule has 6 aromatic rings. The minimum atomic E-state index is -1.08. The van der Waals surface area contributed by atoms with E-state index >= 15 is 0 Å². The molecule has 0 atom stereocenters. The van der Waals surface area contributed by atoms with Gasteiger partial charge in [0, 0.05) is 50.0 Å². The van der Waals surface area contributed by atoms with Gasteiger partial charge in [0.1, 0.15) is 0 Å². The average molecular weight is 625 g/mol. The van der Waals surface area contributed by atoms with Crippen LogP contribution in [0.5, 0.6) is 0 Å². The van der Waals surface area contributed by atoms with Gasteiger partial charge in [0.05, 0.1) is 72.5 Å². The van der Waals surface area contributed by atoms with Crippen molar-refractivity contribution in [3.05, 3.63) is 108 Å². The lowest BCUT2D eigenvalue weighted by Crippen LogP contribution is -2.05. The molecule has 0 aromatic carbocycles. The highest BCUT2D eigenvalue weighted by molar-refractivity contribution is 5.75. The van der Waals surface area contributed by atoms with Gasteiger partial charge in [-0.25, -0.2) is 0 Å². The maximum absolute atomic E-state index is 9.64. The fourth-order valence-electron chi connectivity index (χ4n) is 4.40. The first-order valence-corrected chi connectivity index (χ1v) is 14.4. The van der Waals surface area contributed by atoms with Crippen LogP contribution in [-0.2, 0) is 36.8 Å². The van der Waals surface area contributed by atoms with Crippen LogP contribution in [0, 0.1) is 13.8 Å². The van der Waals surface area contributed by atoms with Crippen LogP contribution in [0.4, 0.5) is 0 Å². The lowest BCUT2D eigenvalue weighted by Gasteiger charge is -2.01. The van der Waals surface area contributed by atoms with Crippen LogP contribution < -0.4 is 0 Å². The Balaban J connectivity index is 0.000000170. The average Bonchev–Trinajstić information content (AvgIpc) is 3.83. The summed E-state index contributed by atoms with van der Waals surface area (Å²) < 4.78 is 7.58. The Kier molecular flexibility index (Phi) is 11.3. The van der Waals surface area contributed by atoms with Crippen LogP contribution in [0.2, 0.25) is 0 Å². The number of aromatic nitrogens is 10. The van der Waals surface area contributed by atoms with Gasteiger partial charge in [-0.15, -0.1) is 0 Å². The SMILES string of the molecule is Cc1cc(Cn2cc(-c3ccccn3)cn2)n(C)n1.Cc1cc(Cn2cc(-c3ccccn3)cn2)n(C)n1.O=C(O)CCC(=O)O. The van der Waals surface area contributed by atoms with Gasteiger partial charge in [-0.05, 0) is 50.2 Å². The molecule has 0 aliphatic rings. The molecule has 6 rings (SSSR count). The minimum absolute atomic E-state index is 0.296. The van der Waals surface area contributed by atoms with Gasteiger partial charge in [0.25, 0.3) is 0 Å². The van der Waals surface area contributed by atoms with Crippen LogP contribution >= 0.6 is 0 Å². The van der Waals surface area contributed by atoms with Crippen molar-refractivity contribution in [2.75, 3.05) is 0 Å². The summed E-state index contributed by atoms with van der Waals surface area (Å²) in [6, 6.07) is 15.9. The fraction of sp³-hybridized carbons (Fsp3) is 0.250. The number of rotatable bonds is 9. The minimum Gasteiger partial charge on any atom is -0.481 e. The number of aryl methyl sites for hydroxylation is 4. The van der Waals surface area contributed by atoms with Gasteiger partial charge < -0.3 is 10.2 Å². The van der Waals surface area contributed by atoms with Crippen molar-refractivity contribution in [1.82, 2.24) is 49.1 Å². The van der Waals surface area contributed by atoms with Crippen molar-refractivity contribution in [2.24, 2.45) is 14.1 Å². The smallest absolute Gasteiger partial charge is 0.303 e. The predicted octanol–water partition coefficient (Wildman–Crippen LogP) is 4.01. The first-order chi connectivity index (χ1) is 22.1. The van der Waals surface area contributed by atoms with Gasteiger partial charge in [-0.3, -0.25) is 38.3 Å². The summed E-state index contributed by atoms with van der Waals surface area (Å²) in [5.41, 5.74) is 8.24. The van der Waals surface area contributed by atoms with Gasteiger partial charge in [0.15, 0.2) is 0 Å². The number of hydrogen-bond donors (Lipinski definition) is 2. The molecular formula is C32H36N10O4. The zero-order valence-electron chi connectivity index (χ0n) is 26.1. The number of aliphatic carboxylic acids is 2. The standard InChI is InChI=1S/2C14H15N5.C4H6O4/c2*1-11-7-13(18(2)17-11)10-19-9-12(8-16-19)14-5-3-4-6-15-14;5-3(6)1-2-4(7)8/h2*3-9H,10H2,1-2H3;1-2H2,(H,5,6)(H,7,8). The molecule has 0 aliphatic carbocycles. The maximum Gasteiger partial charge on any atom is 0.303 e. The van der Waals surface area contributed by atoms with E-state index in [0.717, 1.165) is 45.3 Å². The Morgan fingerprint density at radius 3 is 1.39 bits per heavy atom. The van der Waals surface area contributed by atoms with E-state index in [1.165, 1.54) is 0 Å². The van der Waals surface area contributed by atoms with Crippen LogP contribution in [0.3, 0.4) is 0 Å². The normalized spacial score (nSPS) is 10.4. The van der Waals surface area contributed by atoms with E-state index in [1.54, 1.807) is 12.4 Å². The van der Waals surface area contributed by atoms with Crippen LogP contribution in [-0.4, -0.2) is 71.2 Å². The molecule has 14 heteroatoms. The second kappa shape index (κ2) is 15.7. The number of carbonyl (C=O) groups is 2. The van der Waals surface area contributed by atoms with Crippen molar-refractivity contribution in [3.8, 4) is 22.5 Å². The van der Waals surface area contributed by atoms with Crippen molar-refractivity contribution >= 4 is 11.9 Å². The third-order valence-electron chi connectivity index (χ3n) is 6.59. The highest BCUT2D eigenvalue weighted by Gasteiger charge is 2.08. The van der Waals surface area contributed by atoms with Crippen molar-refractivity contribution in [3.63, 3.8) is 0 Å². The Bertz CT molecular complexity index is 1720. The third-order valence-corrected chi connectivity index (χ3v) is 6.59. The predicted molar refractivity (Wildman–Crippen MR) is 170 cm³/mol. The second-order valence-corrected chi connectivity index (χ2v) is 10.4. The summed E-state index contributed by atoms with van der Waals surface area (Å²) in [6.07, 6.45) is 10.7. The van der Waals surface area contributed by atoms with Gasteiger partial charge in [0.2, 0.25) is 0 Å². The highest BCUT2D eigenvalue weighted by atomic mass is 16.4. The summed E-state index contributed by atoms with van der Waals surface area (Å²) in [5, 5.41) is 33.2. The molecule has 238 valence electrons. The molecule has 0 spiro atoms. The van der Waals surface area contributed by atoms with Crippen LogP contribution in [0.1, 0.15) is 35.6 Å². The van der Waals surface area contributed by atoms with E-state index in [0.29, 0.717) is 13.1 Å². The summed E-state index contributed by atoms with van der Waals surface area (Å²) in [6.45, 7) is 5.41. The van der Waals surface area contributed by atoms with E-state index < -0.39 is 11.9 Å². The zero-order chi connectivity index (χ0) is 33.1. The molecule has 0 aliphatic heterocycles. The first kappa shape index (κ1) is 33.0. The number of pyridine rings is 2. The quantitative estimate of drug-likeness (QED) is 0.239. The molecule has 0 radical (unpaired) electrons. The van der Waals surface area contributed by atoms with E-state index in [-0.39, 0.29) is 12.8 Å². The zero-order valence-corrected chi connectivity index (χ0v) is 26.1. The topological polar surface area (TPSA) is 172 Å². The molecule has 0 saturated heterocycles. The number of hydrogen-bond acceptors (Lipinski definition) is 8. The lowest BCUT2D eigenvalue weighted by atomic mass is 10.2. The molecule has 0 saturated carbocycles. The molecule has 2 N–H and O–H groups in total. The van der Waals surface area contributed by atoms with E-state index in [4.69, 9.17) is 10.2 Å². The molecule has 6 heterocycles. The molecule has 0 unspecified atom stereocenters. The molecule has 14 nitrogen and oxygen atoms in total. The molecule has 0 bridgehead atoms. The third kappa shape index (κ3) is 9.80. The molecule has 46 heavy (non-hydrogen) atoms. The molecule has 6 aromatic heterocycles. The van der Waals surface area contributed by atoms with E-state index in [1.807, 2.05) is 108 Å². The Morgan fingerprint density at radius 2 is 1.09 bits per heavy atom. The van der Waals surface area contributed by atoms with Gasteiger partial charge in [-0.1, -0.05) is 12.1 Å². The van der Waals surface area contributed by atoms with Gasteiger partial charge in [-0.2, -0.15) is 20.4 Å². The van der Waals surface area contributed by atoms with Crippen LogP contribution in [0.15, 0.2) is 85.7 Å². The first-order valence-electron chi connectivity index (χ1n) is 14.4. The summed E-state index contributed by atoms with van der Waals surface area (Å²) in [5.74, 6) is -2.15. The van der Waals surface area contributed by atoms with Crippen molar-refractivity contribution in [2.45, 2.75) is 39.8 Å². The summed E-state index contributed by atoms with van der Waals surface area (Å²) >= 11 is 0. The lowest BCUT2D eigenvalue weighted by molar-refractivity contribution is -0.143. The molecule has 0 fully saturated rings. The van der Waals surface area contributed by atoms with E-state index in [2.05, 4.69) is 42.5 Å². The van der Waals surface area contributed by atoms with Crippen molar-refractivity contribution in [1.29, 1.82) is 0 Å². The second-order valence-electron chi connectivity index (χ2n) is 10.4. The highest BCUT2D eigenvalue weighted by Crippen LogP contribution is 2.17. The largest absolute Gasteiger partial charge is 0.481 e. The summed E-state index contributed by atoms with van der Waals surface area (Å²) in [7, 11) is 3.90. The molecule has 0 amide bonds. The van der Waals surface area contributed by atoms with Crippen LogP contribution in [0.25, 0.3) is 22.5 Å². The number of carboxylic acid groups (broad SMARTS) is 2. The fourth-order valence-corrected chi connectivity index (χ4v) is 4.40. The summed E-state index contributed by atoms with van der Waals surface area (Å²) in [4.78, 5) is 27.9.